The van der Waals surface area contributed by atoms with E-state index in [2.05, 4.69) is 27.4 Å². The van der Waals surface area contributed by atoms with Gasteiger partial charge in [-0.05, 0) is 36.8 Å². The molecule has 2 N–H and O–H groups in total. The van der Waals surface area contributed by atoms with E-state index in [1.54, 1.807) is 6.20 Å². The minimum atomic E-state index is 0.669. The lowest BCUT2D eigenvalue weighted by molar-refractivity contribution is -0.105. The van der Waals surface area contributed by atoms with Crippen molar-refractivity contribution in [1.82, 2.24) is 15.2 Å². The number of H-pyrrole nitrogens is 1. The second-order valence-corrected chi connectivity index (χ2v) is 4.48. The first-order valence-corrected chi connectivity index (χ1v) is 6.45. The third-order valence-corrected chi connectivity index (χ3v) is 3.24. The lowest BCUT2D eigenvalue weighted by Crippen LogP contribution is -1.92. The van der Waals surface area contributed by atoms with Gasteiger partial charge in [0.05, 0.1) is 5.52 Å². The van der Waals surface area contributed by atoms with E-state index in [-0.39, 0.29) is 0 Å². The van der Waals surface area contributed by atoms with Crippen molar-refractivity contribution in [1.29, 1.82) is 0 Å². The molecule has 3 rings (SSSR count). The summed E-state index contributed by atoms with van der Waals surface area (Å²) in [5.41, 5.74) is 4.60. The molecule has 0 fully saturated rings. The molecular formula is C15H14N4O. The molecule has 2 heterocycles. The van der Waals surface area contributed by atoms with Gasteiger partial charge >= 0.3 is 0 Å². The average Bonchev–Trinajstić information content (AvgIpc) is 2.91. The number of benzene rings is 1. The second-order valence-electron chi connectivity index (χ2n) is 4.48. The molecule has 5 nitrogen and oxygen atoms in total. The Kier molecular flexibility index (Phi) is 3.16. The highest BCUT2D eigenvalue weighted by Gasteiger charge is 2.09. The molecule has 0 saturated heterocycles. The van der Waals surface area contributed by atoms with Gasteiger partial charge in [0.15, 0.2) is 0 Å². The number of pyridine rings is 1. The number of aryl methyl sites for hydroxylation is 1. The van der Waals surface area contributed by atoms with Crippen molar-refractivity contribution in [3.63, 3.8) is 0 Å². The number of rotatable bonds is 4. The fraction of sp³-hybridized carbons (Fsp3) is 0.133. The number of amides is 1. The zero-order chi connectivity index (χ0) is 13.9. The van der Waals surface area contributed by atoms with E-state index in [1.165, 1.54) is 0 Å². The SMILES string of the molecule is CCc1cc(-c2n[nH]c3ccc(NC=O)cc23)ccn1. The number of hydrogen-bond donors (Lipinski definition) is 2. The van der Waals surface area contributed by atoms with Crippen LogP contribution in [-0.4, -0.2) is 21.6 Å². The number of nitrogens with one attached hydrogen (secondary N) is 2. The maximum Gasteiger partial charge on any atom is 0.211 e. The van der Waals surface area contributed by atoms with E-state index in [4.69, 9.17) is 0 Å². The molecule has 100 valence electrons. The highest BCUT2D eigenvalue weighted by Crippen LogP contribution is 2.28. The molecule has 20 heavy (non-hydrogen) atoms. The van der Waals surface area contributed by atoms with Crippen molar-refractivity contribution in [3.05, 3.63) is 42.2 Å². The Morgan fingerprint density at radius 2 is 2.20 bits per heavy atom. The first-order chi connectivity index (χ1) is 9.81. The normalized spacial score (nSPS) is 10.7. The van der Waals surface area contributed by atoms with Crippen LogP contribution in [0.3, 0.4) is 0 Å². The molecule has 3 aromatic rings. The molecule has 0 atom stereocenters. The van der Waals surface area contributed by atoms with Crippen LogP contribution in [0.1, 0.15) is 12.6 Å². The Hall–Kier alpha value is -2.69. The fourth-order valence-electron chi connectivity index (χ4n) is 2.21. The first kappa shape index (κ1) is 12.3. The second kappa shape index (κ2) is 5.13. The minimum absolute atomic E-state index is 0.669. The van der Waals surface area contributed by atoms with E-state index >= 15 is 0 Å². The monoisotopic (exact) mass is 266 g/mol. The minimum Gasteiger partial charge on any atom is -0.329 e. The number of fused-ring (bicyclic) bond motifs is 1. The van der Waals surface area contributed by atoms with Crippen molar-refractivity contribution >= 4 is 23.0 Å². The number of hydrogen-bond acceptors (Lipinski definition) is 3. The Labute approximate surface area is 116 Å². The Bertz CT molecular complexity index is 763. The smallest absolute Gasteiger partial charge is 0.211 e. The number of carbonyl (C=O) groups is 1. The zero-order valence-corrected chi connectivity index (χ0v) is 11.1. The molecular weight excluding hydrogens is 252 g/mol. The van der Waals surface area contributed by atoms with Gasteiger partial charge in [-0.2, -0.15) is 5.10 Å². The predicted octanol–water partition coefficient (Wildman–Crippen LogP) is 2.76. The average molecular weight is 266 g/mol. The fourth-order valence-corrected chi connectivity index (χ4v) is 2.21. The summed E-state index contributed by atoms with van der Waals surface area (Å²) in [6, 6.07) is 9.63. The van der Waals surface area contributed by atoms with Crippen LogP contribution in [0.25, 0.3) is 22.2 Å². The van der Waals surface area contributed by atoms with Crippen LogP contribution in [0.5, 0.6) is 0 Å². The number of aromatic nitrogens is 3. The molecule has 0 radical (unpaired) electrons. The van der Waals surface area contributed by atoms with Crippen molar-refractivity contribution in [2.45, 2.75) is 13.3 Å². The van der Waals surface area contributed by atoms with E-state index in [0.717, 1.165) is 40.0 Å². The highest BCUT2D eigenvalue weighted by atomic mass is 16.1. The molecule has 0 aliphatic rings. The van der Waals surface area contributed by atoms with Gasteiger partial charge in [-0.25, -0.2) is 0 Å². The van der Waals surface area contributed by atoms with Gasteiger partial charge in [0.2, 0.25) is 6.41 Å². The molecule has 1 amide bonds. The summed E-state index contributed by atoms with van der Waals surface area (Å²) < 4.78 is 0. The lowest BCUT2D eigenvalue weighted by atomic mass is 10.1. The Balaban J connectivity index is 2.14. The lowest BCUT2D eigenvalue weighted by Gasteiger charge is -2.02. The largest absolute Gasteiger partial charge is 0.329 e. The van der Waals surface area contributed by atoms with Gasteiger partial charge in [0.25, 0.3) is 0 Å². The summed E-state index contributed by atoms with van der Waals surface area (Å²) in [5.74, 6) is 0. The maximum absolute atomic E-state index is 10.5. The highest BCUT2D eigenvalue weighted by molar-refractivity contribution is 5.95. The van der Waals surface area contributed by atoms with Gasteiger partial charge < -0.3 is 5.32 Å². The van der Waals surface area contributed by atoms with Crippen LogP contribution in [0, 0.1) is 0 Å². The van der Waals surface area contributed by atoms with Crippen LogP contribution in [0.2, 0.25) is 0 Å². The number of nitrogens with zero attached hydrogens (tertiary/aromatic N) is 2. The van der Waals surface area contributed by atoms with Crippen LogP contribution < -0.4 is 5.32 Å². The van der Waals surface area contributed by atoms with E-state index in [1.807, 2.05) is 30.3 Å². The molecule has 0 bridgehead atoms. The van der Waals surface area contributed by atoms with E-state index in [0.29, 0.717) is 6.41 Å². The van der Waals surface area contributed by atoms with Crippen molar-refractivity contribution in [2.75, 3.05) is 5.32 Å². The third kappa shape index (κ3) is 2.14. The zero-order valence-electron chi connectivity index (χ0n) is 11.1. The molecule has 0 spiro atoms. The van der Waals surface area contributed by atoms with Gasteiger partial charge in [-0.1, -0.05) is 6.92 Å². The molecule has 2 aromatic heterocycles. The van der Waals surface area contributed by atoms with Crippen LogP contribution in [0.15, 0.2) is 36.5 Å². The standard InChI is InChI=1S/C15H14N4O/c1-2-11-7-10(5-6-16-11)15-13-8-12(17-9-20)3-4-14(13)18-19-15/h3-9H,2H2,1H3,(H,17,20)(H,18,19). The molecule has 0 aliphatic heterocycles. The van der Waals surface area contributed by atoms with Crippen molar-refractivity contribution in [3.8, 4) is 11.3 Å². The van der Waals surface area contributed by atoms with E-state index in [9.17, 15) is 4.79 Å². The first-order valence-electron chi connectivity index (χ1n) is 6.45. The van der Waals surface area contributed by atoms with Gasteiger partial charge in [0, 0.05) is 28.5 Å². The van der Waals surface area contributed by atoms with Gasteiger partial charge in [-0.15, -0.1) is 0 Å². The van der Waals surface area contributed by atoms with E-state index < -0.39 is 0 Å². The topological polar surface area (TPSA) is 70.7 Å². The van der Waals surface area contributed by atoms with Crippen LogP contribution in [0.4, 0.5) is 5.69 Å². The van der Waals surface area contributed by atoms with Gasteiger partial charge in [0.1, 0.15) is 5.69 Å². The Morgan fingerprint density at radius 1 is 1.30 bits per heavy atom. The number of anilines is 1. The summed E-state index contributed by atoms with van der Waals surface area (Å²) in [4.78, 5) is 14.8. The van der Waals surface area contributed by atoms with Crippen LogP contribution in [-0.2, 0) is 11.2 Å². The summed E-state index contributed by atoms with van der Waals surface area (Å²) in [7, 11) is 0. The number of aromatic amines is 1. The summed E-state index contributed by atoms with van der Waals surface area (Å²) >= 11 is 0. The summed E-state index contributed by atoms with van der Waals surface area (Å²) in [5, 5.41) is 11.0. The molecule has 0 saturated carbocycles. The van der Waals surface area contributed by atoms with Crippen molar-refractivity contribution in [2.24, 2.45) is 0 Å². The van der Waals surface area contributed by atoms with Crippen LogP contribution >= 0.6 is 0 Å². The third-order valence-electron chi connectivity index (χ3n) is 3.24. The molecule has 0 unspecified atom stereocenters. The summed E-state index contributed by atoms with van der Waals surface area (Å²) in [6.45, 7) is 2.07. The quantitative estimate of drug-likeness (QED) is 0.713. The molecule has 1 aromatic carbocycles. The maximum atomic E-state index is 10.5. The Morgan fingerprint density at radius 3 is 3.00 bits per heavy atom. The van der Waals surface area contributed by atoms with Crippen molar-refractivity contribution < 1.29 is 4.79 Å². The molecule has 5 heteroatoms. The predicted molar refractivity (Wildman–Crippen MR) is 78.4 cm³/mol. The van der Waals surface area contributed by atoms with Gasteiger partial charge in [-0.3, -0.25) is 14.9 Å². The number of carbonyl (C=O) groups excluding carboxylic acids is 1. The summed E-state index contributed by atoms with van der Waals surface area (Å²) in [6.07, 6.45) is 3.35. The molecule has 0 aliphatic carbocycles.